The zero-order chi connectivity index (χ0) is 14.5. The lowest BCUT2D eigenvalue weighted by atomic mass is 10.0. The Labute approximate surface area is 122 Å². The molecule has 1 fully saturated rings. The predicted molar refractivity (Wildman–Crippen MR) is 80.6 cm³/mol. The van der Waals surface area contributed by atoms with Gasteiger partial charge in [0.25, 0.3) is 0 Å². The molecule has 7 heteroatoms. The van der Waals surface area contributed by atoms with E-state index in [1.54, 1.807) is 7.11 Å². The van der Waals surface area contributed by atoms with Gasteiger partial charge in [0, 0.05) is 6.07 Å². The molecular formula is C13H16N2O3S2. The lowest BCUT2D eigenvalue weighted by molar-refractivity contribution is 0.371. The Hall–Kier alpha value is -1.34. The Kier molecular flexibility index (Phi) is 2.95. The molecule has 20 heavy (non-hydrogen) atoms. The number of sulfone groups is 1. The Morgan fingerprint density at radius 2 is 2.20 bits per heavy atom. The van der Waals surface area contributed by atoms with Crippen LogP contribution in [0.3, 0.4) is 0 Å². The van der Waals surface area contributed by atoms with Crippen molar-refractivity contribution in [1.82, 2.24) is 9.55 Å². The van der Waals surface area contributed by atoms with Crippen molar-refractivity contribution < 1.29 is 13.2 Å². The first-order valence-corrected chi connectivity index (χ1v) is 8.57. The van der Waals surface area contributed by atoms with Gasteiger partial charge in [-0.2, -0.15) is 0 Å². The van der Waals surface area contributed by atoms with Gasteiger partial charge in [0.1, 0.15) is 5.75 Å². The van der Waals surface area contributed by atoms with Gasteiger partial charge in [-0.05, 0) is 37.7 Å². The Bertz CT molecular complexity index is 835. The molecule has 1 aliphatic rings. The van der Waals surface area contributed by atoms with Gasteiger partial charge >= 0.3 is 0 Å². The fraction of sp³-hybridized carbons (Fsp3) is 0.462. The van der Waals surface area contributed by atoms with E-state index in [1.165, 1.54) is 0 Å². The van der Waals surface area contributed by atoms with Crippen molar-refractivity contribution in [2.24, 2.45) is 0 Å². The summed E-state index contributed by atoms with van der Waals surface area (Å²) in [5.41, 5.74) is 1.29. The maximum Gasteiger partial charge on any atom is 0.178 e. The van der Waals surface area contributed by atoms with E-state index in [0.29, 0.717) is 11.2 Å². The van der Waals surface area contributed by atoms with E-state index < -0.39 is 15.4 Å². The van der Waals surface area contributed by atoms with E-state index in [4.69, 9.17) is 17.0 Å². The monoisotopic (exact) mass is 312 g/mol. The van der Waals surface area contributed by atoms with Gasteiger partial charge in [0.2, 0.25) is 0 Å². The maximum atomic E-state index is 11.8. The molecule has 108 valence electrons. The lowest BCUT2D eigenvalue weighted by Gasteiger charge is -2.25. The van der Waals surface area contributed by atoms with Crippen LogP contribution in [-0.4, -0.2) is 36.6 Å². The van der Waals surface area contributed by atoms with E-state index in [9.17, 15) is 8.42 Å². The smallest absolute Gasteiger partial charge is 0.178 e. The lowest BCUT2D eigenvalue weighted by Crippen LogP contribution is -2.31. The maximum absolute atomic E-state index is 11.8. The number of aromatic nitrogens is 2. The number of nitrogens with zero attached hydrogens (tertiary/aromatic N) is 1. The first-order chi connectivity index (χ1) is 9.35. The van der Waals surface area contributed by atoms with Crippen LogP contribution in [-0.2, 0) is 15.4 Å². The third kappa shape index (κ3) is 2.05. The number of fused-ring (bicyclic) bond motifs is 1. The molecule has 1 aliphatic heterocycles. The van der Waals surface area contributed by atoms with Crippen LogP contribution in [0.5, 0.6) is 5.75 Å². The van der Waals surface area contributed by atoms with Gasteiger partial charge in [0.05, 0.1) is 35.2 Å². The van der Waals surface area contributed by atoms with Crippen LogP contribution in [0.4, 0.5) is 0 Å². The number of ether oxygens (including phenoxy) is 1. The molecule has 2 heterocycles. The number of methoxy groups -OCH3 is 1. The van der Waals surface area contributed by atoms with Gasteiger partial charge in [-0.25, -0.2) is 8.42 Å². The Morgan fingerprint density at radius 1 is 1.45 bits per heavy atom. The topological polar surface area (TPSA) is 64.1 Å². The van der Waals surface area contributed by atoms with E-state index in [-0.39, 0.29) is 11.5 Å². The molecule has 0 saturated carbocycles. The second-order valence-corrected chi connectivity index (χ2v) is 8.06. The summed E-state index contributed by atoms with van der Waals surface area (Å²) in [7, 11) is -1.38. The summed E-state index contributed by atoms with van der Waals surface area (Å²) in [4.78, 5) is 3.13. The molecule has 0 radical (unpaired) electrons. The van der Waals surface area contributed by atoms with Gasteiger partial charge in [-0.3, -0.25) is 0 Å². The molecule has 0 aliphatic carbocycles. The molecule has 1 N–H and O–H groups in total. The summed E-state index contributed by atoms with van der Waals surface area (Å²) < 4.78 is 31.3. The minimum absolute atomic E-state index is 0.132. The first kappa shape index (κ1) is 13.6. The number of hydrogen-bond donors (Lipinski definition) is 1. The zero-order valence-electron chi connectivity index (χ0n) is 11.3. The van der Waals surface area contributed by atoms with Crippen LogP contribution in [0.1, 0.15) is 13.3 Å². The van der Waals surface area contributed by atoms with Crippen LogP contribution >= 0.6 is 12.2 Å². The molecule has 0 bridgehead atoms. The number of nitrogens with one attached hydrogen (secondary N) is 1. The van der Waals surface area contributed by atoms with Crippen molar-refractivity contribution in [2.45, 2.75) is 18.9 Å². The van der Waals surface area contributed by atoms with Crippen LogP contribution in [0.15, 0.2) is 18.2 Å². The number of hydrogen-bond acceptors (Lipinski definition) is 4. The van der Waals surface area contributed by atoms with Gasteiger partial charge in [-0.15, -0.1) is 0 Å². The molecule has 2 aromatic rings. The number of H-pyrrole nitrogens is 1. The molecule has 0 amide bonds. The average Bonchev–Trinajstić information content (AvgIpc) is 2.85. The molecule has 1 aromatic heterocycles. The molecule has 5 nitrogen and oxygen atoms in total. The standard InChI is InChI=1S/C13H16N2O3S2/c1-13(5-6-20(16,17)8-13)15-11-4-3-9(18-2)7-10(11)14-12(15)19/h3-4,7H,5-6,8H2,1-2H3,(H,14,19). The van der Waals surface area contributed by atoms with Crippen molar-refractivity contribution in [2.75, 3.05) is 18.6 Å². The van der Waals surface area contributed by atoms with Crippen molar-refractivity contribution in [3.63, 3.8) is 0 Å². The minimum atomic E-state index is -2.98. The van der Waals surface area contributed by atoms with Crippen molar-refractivity contribution in [1.29, 1.82) is 0 Å². The summed E-state index contributed by atoms with van der Waals surface area (Å²) in [5, 5.41) is 0. The Balaban J connectivity index is 2.22. The highest BCUT2D eigenvalue weighted by molar-refractivity contribution is 7.91. The minimum Gasteiger partial charge on any atom is -0.497 e. The highest BCUT2D eigenvalue weighted by Crippen LogP contribution is 2.34. The third-order valence-electron chi connectivity index (χ3n) is 3.91. The summed E-state index contributed by atoms with van der Waals surface area (Å²) in [6, 6.07) is 5.64. The highest BCUT2D eigenvalue weighted by atomic mass is 32.2. The quantitative estimate of drug-likeness (QED) is 0.864. The van der Waals surface area contributed by atoms with E-state index in [2.05, 4.69) is 4.98 Å². The predicted octanol–water partition coefficient (Wildman–Crippen LogP) is 2.24. The van der Waals surface area contributed by atoms with E-state index in [0.717, 1.165) is 16.8 Å². The van der Waals surface area contributed by atoms with Crippen molar-refractivity contribution in [3.8, 4) is 5.75 Å². The van der Waals surface area contributed by atoms with E-state index >= 15 is 0 Å². The Morgan fingerprint density at radius 3 is 2.80 bits per heavy atom. The zero-order valence-corrected chi connectivity index (χ0v) is 13.0. The summed E-state index contributed by atoms with van der Waals surface area (Å²) in [6.07, 6.45) is 0.586. The highest BCUT2D eigenvalue weighted by Gasteiger charge is 2.41. The molecule has 1 atom stereocenters. The summed E-state index contributed by atoms with van der Waals surface area (Å²) >= 11 is 5.39. The first-order valence-electron chi connectivity index (χ1n) is 6.34. The van der Waals surface area contributed by atoms with E-state index in [1.807, 2.05) is 29.7 Å². The second-order valence-electron chi connectivity index (χ2n) is 5.49. The molecule has 3 rings (SSSR count). The van der Waals surface area contributed by atoms with Gasteiger partial charge in [-0.1, -0.05) is 0 Å². The number of aromatic amines is 1. The normalized spacial score (nSPS) is 25.1. The molecule has 1 aromatic carbocycles. The number of benzene rings is 1. The van der Waals surface area contributed by atoms with Crippen molar-refractivity contribution >= 4 is 33.1 Å². The third-order valence-corrected chi connectivity index (χ3v) is 6.08. The largest absolute Gasteiger partial charge is 0.497 e. The molecule has 1 unspecified atom stereocenters. The van der Waals surface area contributed by atoms with Crippen LogP contribution in [0.25, 0.3) is 11.0 Å². The van der Waals surface area contributed by atoms with Crippen LogP contribution < -0.4 is 4.74 Å². The fourth-order valence-corrected chi connectivity index (χ4v) is 5.47. The summed E-state index contributed by atoms with van der Waals surface area (Å²) in [6.45, 7) is 1.95. The second kappa shape index (κ2) is 4.33. The number of imidazole rings is 1. The molecular weight excluding hydrogens is 296 g/mol. The number of rotatable bonds is 2. The van der Waals surface area contributed by atoms with Crippen molar-refractivity contribution in [3.05, 3.63) is 23.0 Å². The van der Waals surface area contributed by atoms with Gasteiger partial charge in [0.15, 0.2) is 14.6 Å². The SMILES string of the molecule is COc1ccc2c(c1)[nH]c(=S)n2C1(C)CCS(=O)(=O)C1. The van der Waals surface area contributed by atoms with Crippen LogP contribution in [0.2, 0.25) is 0 Å². The molecule has 1 saturated heterocycles. The fourth-order valence-electron chi connectivity index (χ4n) is 2.92. The average molecular weight is 312 g/mol. The van der Waals surface area contributed by atoms with Gasteiger partial charge < -0.3 is 14.3 Å². The molecule has 0 spiro atoms. The van der Waals surface area contributed by atoms with Crippen LogP contribution in [0, 0.1) is 4.77 Å². The summed E-state index contributed by atoms with van der Waals surface area (Å²) in [5.74, 6) is 1.09.